The molecule has 0 N–H and O–H groups in total. The van der Waals surface area contributed by atoms with Crippen molar-refractivity contribution in [2.24, 2.45) is 0 Å². The molecule has 0 radical (unpaired) electrons. The minimum absolute atomic E-state index is 0.763. The van der Waals surface area contributed by atoms with Gasteiger partial charge in [0.25, 0.3) is 0 Å². The van der Waals surface area contributed by atoms with Crippen molar-refractivity contribution in [1.29, 1.82) is 0 Å². The van der Waals surface area contributed by atoms with Gasteiger partial charge in [-0.3, -0.25) is 0 Å². The van der Waals surface area contributed by atoms with Crippen molar-refractivity contribution in [1.82, 2.24) is 0 Å². The SMILES string of the molecule is CCC[O][Dy]([O]CCC)[O]CCC. The van der Waals surface area contributed by atoms with Gasteiger partial charge in [0.15, 0.2) is 0 Å². The molecule has 0 saturated carbocycles. The Labute approximate surface area is 97.2 Å². The van der Waals surface area contributed by atoms with E-state index in [0.29, 0.717) is 0 Å². The van der Waals surface area contributed by atoms with Gasteiger partial charge in [0.1, 0.15) is 0 Å². The van der Waals surface area contributed by atoms with Crippen LogP contribution in [0, 0.1) is 34.0 Å². The first-order chi connectivity index (χ1) is 6.35. The molecule has 0 aliphatic carbocycles. The third kappa shape index (κ3) is 9.46. The summed E-state index contributed by atoms with van der Waals surface area (Å²) in [6.07, 6.45) is 3.08. The van der Waals surface area contributed by atoms with Gasteiger partial charge >= 0.3 is 98.0 Å². The first-order valence-corrected chi connectivity index (χ1v) is 7.36. The van der Waals surface area contributed by atoms with Crippen molar-refractivity contribution in [3.8, 4) is 0 Å². The third-order valence-corrected chi connectivity index (χ3v) is 3.71. The van der Waals surface area contributed by atoms with Crippen LogP contribution >= 0.6 is 0 Å². The Morgan fingerprint density at radius 2 is 1.00 bits per heavy atom. The van der Waals surface area contributed by atoms with E-state index >= 15 is 0 Å². The average Bonchev–Trinajstić information content (AvgIpc) is 2.17. The molecule has 3 nitrogen and oxygen atoms in total. The summed E-state index contributed by atoms with van der Waals surface area (Å²) >= 11 is -1.96. The van der Waals surface area contributed by atoms with Gasteiger partial charge in [0.05, 0.1) is 0 Å². The Bertz CT molecular complexity index is 81.8. The van der Waals surface area contributed by atoms with E-state index in [1.165, 1.54) is 0 Å². The van der Waals surface area contributed by atoms with Crippen LogP contribution in [0.5, 0.6) is 0 Å². The molecule has 0 rings (SSSR count). The van der Waals surface area contributed by atoms with Crippen LogP contribution in [0.3, 0.4) is 0 Å². The molecule has 0 aliphatic heterocycles. The Morgan fingerprint density at radius 3 is 1.23 bits per heavy atom. The molecular weight excluding hydrogens is 319 g/mol. The van der Waals surface area contributed by atoms with E-state index in [4.69, 9.17) is 4.17 Å². The maximum absolute atomic E-state index is 5.51. The molecule has 0 atom stereocenters. The molecule has 0 unspecified atom stereocenters. The van der Waals surface area contributed by atoms with Gasteiger partial charge < -0.3 is 0 Å². The van der Waals surface area contributed by atoms with Crippen LogP contribution in [-0.4, -0.2) is 19.8 Å². The second-order valence-electron chi connectivity index (χ2n) is 2.54. The van der Waals surface area contributed by atoms with E-state index in [-0.39, 0.29) is 0 Å². The summed E-state index contributed by atoms with van der Waals surface area (Å²) in [7, 11) is 0. The first kappa shape index (κ1) is 14.2. The van der Waals surface area contributed by atoms with Gasteiger partial charge in [-0.25, -0.2) is 0 Å². The predicted molar refractivity (Wildman–Crippen MR) is 48.7 cm³/mol. The van der Waals surface area contributed by atoms with Gasteiger partial charge in [-0.2, -0.15) is 0 Å². The van der Waals surface area contributed by atoms with E-state index in [1.54, 1.807) is 0 Å². The zero-order valence-electron chi connectivity index (χ0n) is 8.78. The van der Waals surface area contributed by atoms with Crippen molar-refractivity contribution in [3.63, 3.8) is 0 Å². The molecule has 0 aromatic rings. The molecule has 0 saturated heterocycles. The fraction of sp³-hybridized carbons (Fsp3) is 1.00. The number of hydrogen-bond donors (Lipinski definition) is 0. The Balaban J connectivity index is 3.47. The van der Waals surface area contributed by atoms with Crippen LogP contribution in [0.15, 0.2) is 0 Å². The van der Waals surface area contributed by atoms with Crippen molar-refractivity contribution in [3.05, 3.63) is 0 Å². The Morgan fingerprint density at radius 1 is 0.692 bits per heavy atom. The van der Waals surface area contributed by atoms with E-state index < -0.39 is 34.0 Å². The molecule has 0 spiro atoms. The van der Waals surface area contributed by atoms with Gasteiger partial charge in [-0.15, -0.1) is 0 Å². The zero-order valence-corrected chi connectivity index (χ0v) is 10.8. The summed E-state index contributed by atoms with van der Waals surface area (Å²) in [5, 5.41) is 0. The molecule has 13 heavy (non-hydrogen) atoms. The van der Waals surface area contributed by atoms with Crippen LogP contribution in [0.4, 0.5) is 0 Å². The second-order valence-corrected chi connectivity index (χ2v) is 5.32. The second kappa shape index (κ2) is 11.2. The predicted octanol–water partition coefficient (Wildman–Crippen LogP) is 2.63. The van der Waals surface area contributed by atoms with Gasteiger partial charge in [-0.1, -0.05) is 0 Å². The summed E-state index contributed by atoms with van der Waals surface area (Å²) in [4.78, 5) is 0. The summed E-state index contributed by atoms with van der Waals surface area (Å²) in [6.45, 7) is 8.56. The molecular formula is C9H21DyO3. The molecule has 4 heteroatoms. The molecule has 0 aromatic carbocycles. The standard InChI is InChI=1S/3C3H7O.Dy/c3*1-2-3-4;/h3*2-3H2,1H3;/q3*-1;+3. The quantitative estimate of drug-likeness (QED) is 0.646. The van der Waals surface area contributed by atoms with Crippen molar-refractivity contribution in [2.45, 2.75) is 40.0 Å². The van der Waals surface area contributed by atoms with E-state index in [9.17, 15) is 0 Å². The molecule has 0 aromatic heterocycles. The van der Waals surface area contributed by atoms with Gasteiger partial charge in [0.2, 0.25) is 0 Å². The number of hydrogen-bond acceptors (Lipinski definition) is 3. The van der Waals surface area contributed by atoms with E-state index in [2.05, 4.69) is 20.8 Å². The van der Waals surface area contributed by atoms with Crippen LogP contribution in [0.2, 0.25) is 0 Å². The van der Waals surface area contributed by atoms with Crippen molar-refractivity contribution in [2.75, 3.05) is 19.8 Å². The normalized spacial score (nSPS) is 11.8. The topological polar surface area (TPSA) is 27.7 Å². The first-order valence-electron chi connectivity index (χ1n) is 4.87. The van der Waals surface area contributed by atoms with Gasteiger partial charge in [-0.05, 0) is 0 Å². The van der Waals surface area contributed by atoms with Crippen LogP contribution in [0.1, 0.15) is 40.0 Å². The molecule has 85 valence electrons. The summed E-state index contributed by atoms with van der Waals surface area (Å²) in [5.41, 5.74) is 0. The molecule has 0 amide bonds. The van der Waals surface area contributed by atoms with Crippen LogP contribution in [0.25, 0.3) is 0 Å². The fourth-order valence-electron chi connectivity index (χ4n) is 0.431. The zero-order chi connectivity index (χ0) is 9.94. The number of rotatable bonds is 9. The summed E-state index contributed by atoms with van der Waals surface area (Å²) < 4.78 is 16.5. The van der Waals surface area contributed by atoms with Crippen molar-refractivity contribution >= 4 is 0 Å². The molecule has 0 fully saturated rings. The van der Waals surface area contributed by atoms with E-state index in [1.807, 2.05) is 0 Å². The average molecular weight is 340 g/mol. The molecule has 0 heterocycles. The van der Waals surface area contributed by atoms with Gasteiger partial charge in [0, 0.05) is 0 Å². The van der Waals surface area contributed by atoms with Crippen LogP contribution in [-0.2, 0) is 4.17 Å². The van der Waals surface area contributed by atoms with E-state index in [0.717, 1.165) is 39.1 Å². The third-order valence-electron chi connectivity index (χ3n) is 1.03. The molecule has 0 aliphatic rings. The van der Waals surface area contributed by atoms with Crippen LogP contribution < -0.4 is 0 Å². The van der Waals surface area contributed by atoms with Crippen molar-refractivity contribution < 1.29 is 38.1 Å². The Kier molecular flexibility index (Phi) is 12.2. The maximum atomic E-state index is 5.51. The summed E-state index contributed by atoms with van der Waals surface area (Å²) in [6, 6.07) is 0. The molecule has 0 bridgehead atoms. The minimum atomic E-state index is -1.96. The Hall–Kier alpha value is 1.15. The fourth-order valence-corrected chi connectivity index (χ4v) is 3.20. The monoisotopic (exact) mass is 341 g/mol. The summed E-state index contributed by atoms with van der Waals surface area (Å²) in [5.74, 6) is 0.